The summed E-state index contributed by atoms with van der Waals surface area (Å²) in [7, 11) is 0. The predicted molar refractivity (Wildman–Crippen MR) is 101 cm³/mol. The average molecular weight is 369 g/mol. The van der Waals surface area contributed by atoms with E-state index in [4.69, 9.17) is 15.2 Å². The van der Waals surface area contributed by atoms with E-state index in [1.165, 1.54) is 0 Å². The van der Waals surface area contributed by atoms with Crippen molar-refractivity contribution >= 4 is 18.3 Å². The number of fused-ring (bicyclic) bond motifs is 1. The normalized spacial score (nSPS) is 22.1. The molecule has 2 aliphatic heterocycles. The van der Waals surface area contributed by atoms with Crippen LogP contribution in [0.3, 0.4) is 0 Å². The van der Waals surface area contributed by atoms with E-state index < -0.39 is 5.41 Å². The summed E-state index contributed by atoms with van der Waals surface area (Å²) >= 11 is 0. The molecule has 1 amide bonds. The fourth-order valence-corrected chi connectivity index (χ4v) is 3.50. The molecule has 25 heavy (non-hydrogen) atoms. The molecule has 2 aliphatic rings. The van der Waals surface area contributed by atoms with Gasteiger partial charge >= 0.3 is 0 Å². The average Bonchev–Trinajstić information content (AvgIpc) is 2.56. The quantitative estimate of drug-likeness (QED) is 0.871. The molecule has 0 saturated carbocycles. The van der Waals surface area contributed by atoms with Crippen molar-refractivity contribution in [2.75, 3.05) is 26.3 Å². The van der Waals surface area contributed by atoms with Gasteiger partial charge in [0.1, 0.15) is 13.2 Å². The smallest absolute Gasteiger partial charge is 0.232 e. The Kier molecular flexibility index (Phi) is 5.59. The van der Waals surface area contributed by atoms with E-state index in [0.717, 1.165) is 30.0 Å². The van der Waals surface area contributed by atoms with Gasteiger partial charge in [-0.3, -0.25) is 4.79 Å². The topological polar surface area (TPSA) is 64.8 Å². The van der Waals surface area contributed by atoms with E-state index in [2.05, 4.69) is 13.8 Å². The molecule has 1 atom stereocenters. The Morgan fingerprint density at radius 3 is 2.52 bits per heavy atom. The number of hydrogen-bond donors (Lipinski definition) is 1. The number of ether oxygens (including phenoxy) is 2. The van der Waals surface area contributed by atoms with Crippen molar-refractivity contribution in [3.63, 3.8) is 0 Å². The van der Waals surface area contributed by atoms with Gasteiger partial charge in [0, 0.05) is 19.1 Å². The second-order valence-electron chi connectivity index (χ2n) is 8.09. The zero-order valence-corrected chi connectivity index (χ0v) is 16.3. The number of nitrogens with zero attached hydrogens (tertiary/aromatic N) is 1. The lowest BCUT2D eigenvalue weighted by Gasteiger charge is -2.45. The number of benzene rings is 1. The van der Waals surface area contributed by atoms with Gasteiger partial charge in [0.15, 0.2) is 11.5 Å². The molecule has 1 aromatic carbocycles. The standard InChI is InChI=1S/C19H28N2O3.ClH/c1-18(2)12-21(8-7-16(18)20)17(22)19(3,4)13-5-6-14-15(11-13)24-10-9-23-14;/h5-6,11,16H,7-10,12,20H2,1-4H3;1H. The number of amides is 1. The molecule has 1 aromatic rings. The van der Waals surface area contributed by atoms with Crippen molar-refractivity contribution in [1.82, 2.24) is 4.90 Å². The first-order valence-corrected chi connectivity index (χ1v) is 8.67. The van der Waals surface area contributed by atoms with Crippen LogP contribution in [0.5, 0.6) is 11.5 Å². The lowest BCUT2D eigenvalue weighted by Crippen LogP contribution is -2.56. The van der Waals surface area contributed by atoms with Crippen LogP contribution in [0, 0.1) is 5.41 Å². The number of carbonyl (C=O) groups is 1. The maximum absolute atomic E-state index is 13.2. The van der Waals surface area contributed by atoms with Crippen LogP contribution in [0.25, 0.3) is 0 Å². The van der Waals surface area contributed by atoms with Gasteiger partial charge in [-0.1, -0.05) is 19.9 Å². The lowest BCUT2D eigenvalue weighted by molar-refractivity contribution is -0.139. The lowest BCUT2D eigenvalue weighted by atomic mass is 9.77. The zero-order chi connectivity index (χ0) is 17.5. The highest BCUT2D eigenvalue weighted by Crippen LogP contribution is 2.37. The summed E-state index contributed by atoms with van der Waals surface area (Å²) in [4.78, 5) is 15.2. The minimum absolute atomic E-state index is 0. The van der Waals surface area contributed by atoms with Gasteiger partial charge in [0.05, 0.1) is 5.41 Å². The summed E-state index contributed by atoms with van der Waals surface area (Å²) in [5.74, 6) is 1.61. The SMILES string of the molecule is CC(C)(C(=O)N1CCC(N)C(C)(C)C1)c1ccc2c(c1)OCCO2.Cl. The molecule has 2 N–H and O–H groups in total. The maximum Gasteiger partial charge on any atom is 0.232 e. The second-order valence-corrected chi connectivity index (χ2v) is 8.09. The molecule has 1 unspecified atom stereocenters. The van der Waals surface area contributed by atoms with E-state index in [1.807, 2.05) is 36.9 Å². The van der Waals surface area contributed by atoms with Gasteiger partial charge in [0.25, 0.3) is 0 Å². The number of halogens is 1. The molecule has 0 aromatic heterocycles. The Hall–Kier alpha value is -1.46. The van der Waals surface area contributed by atoms with Crippen LogP contribution in [0.15, 0.2) is 18.2 Å². The Morgan fingerprint density at radius 2 is 1.88 bits per heavy atom. The molecule has 0 bridgehead atoms. The van der Waals surface area contributed by atoms with Gasteiger partial charge in [-0.15, -0.1) is 12.4 Å². The third kappa shape index (κ3) is 3.72. The number of likely N-dealkylation sites (tertiary alicyclic amines) is 1. The Balaban J connectivity index is 0.00000225. The molecule has 3 rings (SSSR count). The molecule has 1 fully saturated rings. The molecule has 0 spiro atoms. The van der Waals surface area contributed by atoms with Crippen LogP contribution in [-0.4, -0.2) is 43.2 Å². The fraction of sp³-hybridized carbons (Fsp3) is 0.632. The van der Waals surface area contributed by atoms with Crippen molar-refractivity contribution in [2.24, 2.45) is 11.1 Å². The van der Waals surface area contributed by atoms with E-state index in [9.17, 15) is 4.79 Å². The highest BCUT2D eigenvalue weighted by Gasteiger charge is 2.41. The number of piperidine rings is 1. The van der Waals surface area contributed by atoms with Gasteiger partial charge in [-0.25, -0.2) is 0 Å². The molecule has 1 saturated heterocycles. The third-order valence-electron chi connectivity index (χ3n) is 5.40. The number of hydrogen-bond acceptors (Lipinski definition) is 4. The van der Waals surface area contributed by atoms with Crippen molar-refractivity contribution in [3.8, 4) is 11.5 Å². The van der Waals surface area contributed by atoms with Crippen LogP contribution < -0.4 is 15.2 Å². The molecule has 0 radical (unpaired) electrons. The molecule has 2 heterocycles. The number of nitrogens with two attached hydrogens (primary N) is 1. The highest BCUT2D eigenvalue weighted by atomic mass is 35.5. The molecule has 6 heteroatoms. The second kappa shape index (κ2) is 7.04. The predicted octanol–water partition coefficient (Wildman–Crippen LogP) is 2.74. The molecule has 140 valence electrons. The largest absolute Gasteiger partial charge is 0.486 e. The van der Waals surface area contributed by atoms with Crippen LogP contribution in [0.2, 0.25) is 0 Å². The van der Waals surface area contributed by atoms with E-state index in [1.54, 1.807) is 0 Å². The zero-order valence-electron chi connectivity index (χ0n) is 15.5. The fourth-order valence-electron chi connectivity index (χ4n) is 3.50. The summed E-state index contributed by atoms with van der Waals surface area (Å²) < 4.78 is 11.2. The maximum atomic E-state index is 13.2. The summed E-state index contributed by atoms with van der Waals surface area (Å²) in [6, 6.07) is 5.94. The van der Waals surface area contributed by atoms with Crippen molar-refractivity contribution in [1.29, 1.82) is 0 Å². The van der Waals surface area contributed by atoms with Crippen LogP contribution >= 0.6 is 12.4 Å². The van der Waals surface area contributed by atoms with Gasteiger partial charge in [-0.2, -0.15) is 0 Å². The summed E-state index contributed by atoms with van der Waals surface area (Å²) in [5.41, 5.74) is 6.48. The Labute approximate surface area is 156 Å². The van der Waals surface area contributed by atoms with E-state index in [0.29, 0.717) is 19.8 Å². The van der Waals surface area contributed by atoms with E-state index in [-0.39, 0.29) is 29.8 Å². The number of carbonyl (C=O) groups excluding carboxylic acids is 1. The minimum Gasteiger partial charge on any atom is -0.486 e. The molecule has 0 aliphatic carbocycles. The van der Waals surface area contributed by atoms with E-state index >= 15 is 0 Å². The Bertz CT molecular complexity index is 646. The molecule has 5 nitrogen and oxygen atoms in total. The number of rotatable bonds is 2. The summed E-state index contributed by atoms with van der Waals surface area (Å²) in [6.07, 6.45) is 0.843. The van der Waals surface area contributed by atoms with Gasteiger partial charge in [0.2, 0.25) is 5.91 Å². The first-order chi connectivity index (χ1) is 11.2. The first-order valence-electron chi connectivity index (χ1n) is 8.67. The third-order valence-corrected chi connectivity index (χ3v) is 5.40. The van der Waals surface area contributed by atoms with Crippen LogP contribution in [0.4, 0.5) is 0 Å². The first kappa shape index (κ1) is 19.9. The monoisotopic (exact) mass is 368 g/mol. The minimum atomic E-state index is -0.618. The van der Waals surface area contributed by atoms with Crippen LogP contribution in [0.1, 0.15) is 39.7 Å². The molecular formula is C19H29ClN2O3. The van der Waals surface area contributed by atoms with Crippen molar-refractivity contribution in [3.05, 3.63) is 23.8 Å². The van der Waals surface area contributed by atoms with Crippen molar-refractivity contribution < 1.29 is 14.3 Å². The van der Waals surface area contributed by atoms with Gasteiger partial charge in [-0.05, 0) is 43.4 Å². The molecular weight excluding hydrogens is 340 g/mol. The van der Waals surface area contributed by atoms with Crippen molar-refractivity contribution in [2.45, 2.75) is 45.6 Å². The van der Waals surface area contributed by atoms with Gasteiger partial charge < -0.3 is 20.1 Å². The summed E-state index contributed by atoms with van der Waals surface area (Å²) in [5, 5.41) is 0. The summed E-state index contributed by atoms with van der Waals surface area (Å²) in [6.45, 7) is 10.7. The Morgan fingerprint density at radius 1 is 1.24 bits per heavy atom. The van der Waals surface area contributed by atoms with Crippen LogP contribution in [-0.2, 0) is 10.2 Å². The highest BCUT2D eigenvalue weighted by molar-refractivity contribution is 5.87.